The number of hydrogen-bond acceptors (Lipinski definition) is 4. The number of halogens is 2. The third-order valence-corrected chi connectivity index (χ3v) is 3.88. The van der Waals surface area contributed by atoms with Crippen LogP contribution < -0.4 is 10.6 Å². The number of anilines is 1. The van der Waals surface area contributed by atoms with Crippen molar-refractivity contribution in [1.82, 2.24) is 4.90 Å². The van der Waals surface area contributed by atoms with Crippen LogP contribution in [-0.4, -0.2) is 43.0 Å². The quantitative estimate of drug-likeness (QED) is 0.924. The van der Waals surface area contributed by atoms with Crippen molar-refractivity contribution in [2.24, 2.45) is 5.73 Å². The Kier molecular flexibility index (Phi) is 8.41. The van der Waals surface area contributed by atoms with E-state index in [0.29, 0.717) is 6.42 Å². The number of nitrogens with zero attached hydrogens (tertiary/aromatic N) is 2. The Morgan fingerprint density at radius 2 is 2.00 bits per heavy atom. The van der Waals surface area contributed by atoms with E-state index < -0.39 is 0 Å². The smallest absolute Gasteiger partial charge is 0.224 e. The molecule has 0 spiro atoms. The van der Waals surface area contributed by atoms with Crippen LogP contribution >= 0.6 is 36.2 Å². The third kappa shape index (κ3) is 5.18. The first-order valence-corrected chi connectivity index (χ1v) is 6.86. The second-order valence-electron chi connectivity index (χ2n) is 4.50. The first-order chi connectivity index (χ1) is 8.16. The van der Waals surface area contributed by atoms with Gasteiger partial charge in [-0.05, 0) is 24.4 Å². The summed E-state index contributed by atoms with van der Waals surface area (Å²) in [5, 5.41) is 3.38. The summed E-state index contributed by atoms with van der Waals surface area (Å²) in [7, 11) is 0. The molecule has 0 bridgehead atoms. The summed E-state index contributed by atoms with van der Waals surface area (Å²) in [5.41, 5.74) is 5.65. The lowest BCUT2D eigenvalue weighted by Crippen LogP contribution is -2.49. The fraction of sp³-hybridized carbons (Fsp3) is 0.583. The van der Waals surface area contributed by atoms with E-state index in [1.807, 2.05) is 11.8 Å². The van der Waals surface area contributed by atoms with Crippen LogP contribution in [0.4, 0.5) is 5.00 Å². The van der Waals surface area contributed by atoms with Gasteiger partial charge in [-0.15, -0.1) is 36.2 Å². The second kappa shape index (κ2) is 8.64. The molecule has 19 heavy (non-hydrogen) atoms. The maximum Gasteiger partial charge on any atom is 0.224 e. The molecular formula is C12H21Cl2N3OS. The average Bonchev–Trinajstić information content (AvgIpc) is 2.82. The summed E-state index contributed by atoms with van der Waals surface area (Å²) in [4.78, 5) is 16.1. The molecule has 0 aliphatic carbocycles. The van der Waals surface area contributed by atoms with Crippen molar-refractivity contribution in [3.8, 4) is 0 Å². The van der Waals surface area contributed by atoms with Gasteiger partial charge in [-0.25, -0.2) is 0 Å². The maximum atomic E-state index is 11.8. The molecule has 1 aromatic heterocycles. The standard InChI is InChI=1S/C12H19N3OS.2ClH/c1-10(13)9-11(16)14-4-6-15(7-5-14)12-3-2-8-17-12;;/h2-3,8,10H,4-7,9,13H2,1H3;2*1H. The molecule has 1 aromatic rings. The molecular weight excluding hydrogens is 305 g/mol. The van der Waals surface area contributed by atoms with Crippen molar-refractivity contribution in [3.05, 3.63) is 17.5 Å². The van der Waals surface area contributed by atoms with Crippen LogP contribution in [0.25, 0.3) is 0 Å². The molecule has 110 valence electrons. The van der Waals surface area contributed by atoms with Crippen molar-refractivity contribution in [2.45, 2.75) is 19.4 Å². The minimum atomic E-state index is -0.0437. The first-order valence-electron chi connectivity index (χ1n) is 5.98. The Bertz CT molecular complexity index is 365. The predicted molar refractivity (Wildman–Crippen MR) is 85.9 cm³/mol. The Morgan fingerprint density at radius 3 is 2.47 bits per heavy atom. The molecule has 1 amide bonds. The SMILES string of the molecule is CC(N)CC(=O)N1CCN(c2cccs2)CC1.Cl.Cl. The van der Waals surface area contributed by atoms with Gasteiger partial charge in [-0.3, -0.25) is 4.79 Å². The van der Waals surface area contributed by atoms with Crippen LogP contribution in [0.15, 0.2) is 17.5 Å². The summed E-state index contributed by atoms with van der Waals surface area (Å²) < 4.78 is 0. The fourth-order valence-corrected chi connectivity index (χ4v) is 2.82. The zero-order chi connectivity index (χ0) is 12.3. The fourth-order valence-electron chi connectivity index (χ4n) is 2.03. The highest BCUT2D eigenvalue weighted by Gasteiger charge is 2.21. The van der Waals surface area contributed by atoms with Gasteiger partial charge >= 0.3 is 0 Å². The van der Waals surface area contributed by atoms with Crippen molar-refractivity contribution in [3.63, 3.8) is 0 Å². The molecule has 1 atom stereocenters. The predicted octanol–water partition coefficient (Wildman–Crippen LogP) is 1.98. The third-order valence-electron chi connectivity index (χ3n) is 2.95. The van der Waals surface area contributed by atoms with Gasteiger partial charge in [-0.2, -0.15) is 0 Å². The first kappa shape index (κ1) is 18.5. The largest absolute Gasteiger partial charge is 0.360 e. The van der Waals surface area contributed by atoms with Gasteiger partial charge < -0.3 is 15.5 Å². The molecule has 0 aromatic carbocycles. The monoisotopic (exact) mass is 325 g/mol. The van der Waals surface area contributed by atoms with E-state index in [4.69, 9.17) is 5.73 Å². The Labute approximate surface area is 130 Å². The molecule has 2 N–H and O–H groups in total. The van der Waals surface area contributed by atoms with Crippen LogP contribution in [0, 0.1) is 0 Å². The Hall–Kier alpha value is -0.490. The van der Waals surface area contributed by atoms with E-state index in [1.54, 1.807) is 11.3 Å². The summed E-state index contributed by atoms with van der Waals surface area (Å²) in [6.07, 6.45) is 0.457. The minimum absolute atomic E-state index is 0. The van der Waals surface area contributed by atoms with Gasteiger partial charge in [0, 0.05) is 38.6 Å². The van der Waals surface area contributed by atoms with Crippen LogP contribution in [0.3, 0.4) is 0 Å². The topological polar surface area (TPSA) is 49.6 Å². The zero-order valence-electron chi connectivity index (χ0n) is 10.9. The maximum absolute atomic E-state index is 11.8. The molecule has 1 fully saturated rings. The van der Waals surface area contributed by atoms with Crippen molar-refractivity contribution in [1.29, 1.82) is 0 Å². The summed E-state index contributed by atoms with van der Waals surface area (Å²) >= 11 is 1.75. The van der Waals surface area contributed by atoms with Crippen molar-refractivity contribution >= 4 is 47.1 Å². The number of hydrogen-bond donors (Lipinski definition) is 1. The van der Waals surface area contributed by atoms with Gasteiger partial charge in [0.2, 0.25) is 5.91 Å². The lowest BCUT2D eigenvalue weighted by molar-refractivity contribution is -0.131. The number of rotatable bonds is 3. The lowest BCUT2D eigenvalue weighted by Gasteiger charge is -2.35. The number of nitrogens with two attached hydrogens (primary N) is 1. The second-order valence-corrected chi connectivity index (χ2v) is 5.43. The van der Waals surface area contributed by atoms with Gasteiger partial charge in [0.05, 0.1) is 5.00 Å². The molecule has 2 rings (SSSR count). The summed E-state index contributed by atoms with van der Waals surface area (Å²) in [5.74, 6) is 0.186. The molecule has 2 heterocycles. The average molecular weight is 326 g/mol. The number of carbonyl (C=O) groups excluding carboxylic acids is 1. The van der Waals surface area contributed by atoms with Gasteiger partial charge in [0.1, 0.15) is 0 Å². The molecule has 0 radical (unpaired) electrons. The highest BCUT2D eigenvalue weighted by Crippen LogP contribution is 2.22. The van der Waals surface area contributed by atoms with E-state index in [2.05, 4.69) is 22.4 Å². The lowest BCUT2D eigenvalue weighted by atomic mass is 10.2. The van der Waals surface area contributed by atoms with Crippen molar-refractivity contribution < 1.29 is 4.79 Å². The van der Waals surface area contributed by atoms with E-state index >= 15 is 0 Å². The highest BCUT2D eigenvalue weighted by molar-refractivity contribution is 7.14. The number of carbonyl (C=O) groups is 1. The number of amides is 1. The molecule has 1 aliphatic heterocycles. The molecule has 0 saturated carbocycles. The van der Waals surface area contributed by atoms with Crippen LogP contribution in [0.1, 0.15) is 13.3 Å². The van der Waals surface area contributed by atoms with Gasteiger partial charge in [0.15, 0.2) is 0 Å². The molecule has 1 unspecified atom stereocenters. The highest BCUT2D eigenvalue weighted by atomic mass is 35.5. The summed E-state index contributed by atoms with van der Waals surface area (Å²) in [6.45, 7) is 5.34. The molecule has 1 aliphatic rings. The van der Waals surface area contributed by atoms with E-state index in [0.717, 1.165) is 26.2 Å². The van der Waals surface area contributed by atoms with Crippen LogP contribution in [-0.2, 0) is 4.79 Å². The van der Waals surface area contributed by atoms with Gasteiger partial charge in [0.25, 0.3) is 0 Å². The number of thiophene rings is 1. The Morgan fingerprint density at radius 1 is 1.37 bits per heavy atom. The van der Waals surface area contributed by atoms with Gasteiger partial charge in [-0.1, -0.05) is 0 Å². The van der Waals surface area contributed by atoms with E-state index in [-0.39, 0.29) is 36.8 Å². The summed E-state index contributed by atoms with van der Waals surface area (Å²) in [6, 6.07) is 4.15. The van der Waals surface area contributed by atoms with E-state index in [1.165, 1.54) is 5.00 Å². The normalized spacial score (nSPS) is 16.3. The zero-order valence-corrected chi connectivity index (χ0v) is 13.4. The minimum Gasteiger partial charge on any atom is -0.360 e. The van der Waals surface area contributed by atoms with Crippen molar-refractivity contribution in [2.75, 3.05) is 31.1 Å². The van der Waals surface area contributed by atoms with Crippen LogP contribution in [0.2, 0.25) is 0 Å². The Balaban J connectivity index is 0.00000162. The van der Waals surface area contributed by atoms with Crippen LogP contribution in [0.5, 0.6) is 0 Å². The van der Waals surface area contributed by atoms with E-state index in [9.17, 15) is 4.79 Å². The molecule has 7 heteroatoms. The molecule has 4 nitrogen and oxygen atoms in total. The number of piperazine rings is 1. The molecule has 1 saturated heterocycles.